The van der Waals surface area contributed by atoms with E-state index in [1.165, 1.54) is 0 Å². The molecule has 0 radical (unpaired) electrons. The summed E-state index contributed by atoms with van der Waals surface area (Å²) in [5.74, 6) is 0. The molecular formula is C21H12Cl2N4. The molecule has 0 saturated carbocycles. The summed E-state index contributed by atoms with van der Waals surface area (Å²) < 4.78 is 1.93. The monoisotopic (exact) mass is 390 g/mol. The molecule has 0 saturated heterocycles. The summed E-state index contributed by atoms with van der Waals surface area (Å²) in [6.45, 7) is 0. The third-order valence-electron chi connectivity index (χ3n) is 4.54. The van der Waals surface area contributed by atoms with Crippen LogP contribution in [0.15, 0.2) is 73.1 Å². The molecule has 0 amide bonds. The van der Waals surface area contributed by atoms with Crippen molar-refractivity contribution in [3.63, 3.8) is 0 Å². The number of benzene rings is 3. The van der Waals surface area contributed by atoms with E-state index < -0.39 is 0 Å². The largest absolute Gasteiger partial charge is 0.278 e. The number of fused-ring (bicyclic) bond motifs is 3. The van der Waals surface area contributed by atoms with E-state index in [-0.39, 0.29) is 0 Å². The van der Waals surface area contributed by atoms with E-state index in [1.54, 1.807) is 6.33 Å². The predicted octanol–water partition coefficient (Wildman–Crippen LogP) is 5.92. The molecule has 130 valence electrons. The number of halogens is 2. The number of aromatic nitrogens is 4. The normalized spacial score (nSPS) is 11.3. The van der Waals surface area contributed by atoms with E-state index in [0.717, 1.165) is 27.7 Å². The molecule has 27 heavy (non-hydrogen) atoms. The highest BCUT2D eigenvalue weighted by Gasteiger charge is 2.15. The van der Waals surface area contributed by atoms with Crippen LogP contribution in [0.25, 0.3) is 39.1 Å². The van der Waals surface area contributed by atoms with E-state index in [2.05, 4.69) is 16.3 Å². The summed E-state index contributed by atoms with van der Waals surface area (Å²) in [5.41, 5.74) is 5.90. The summed E-state index contributed by atoms with van der Waals surface area (Å²) in [5, 5.41) is 9.70. The summed E-state index contributed by atoms with van der Waals surface area (Å²) >= 11 is 12.8. The van der Waals surface area contributed by atoms with Gasteiger partial charge >= 0.3 is 0 Å². The Labute approximate surface area is 165 Å². The predicted molar refractivity (Wildman–Crippen MR) is 109 cm³/mol. The van der Waals surface area contributed by atoms with Crippen LogP contribution >= 0.6 is 23.2 Å². The van der Waals surface area contributed by atoms with Gasteiger partial charge in [-0.25, -0.2) is 4.98 Å². The highest BCUT2D eigenvalue weighted by molar-refractivity contribution is 6.33. The zero-order valence-electron chi connectivity index (χ0n) is 14.0. The molecule has 4 nitrogen and oxygen atoms in total. The van der Waals surface area contributed by atoms with E-state index in [1.807, 2.05) is 65.1 Å². The molecule has 0 aliphatic heterocycles. The lowest BCUT2D eigenvalue weighted by molar-refractivity contribution is 1.11. The second kappa shape index (κ2) is 6.34. The van der Waals surface area contributed by atoms with Crippen LogP contribution in [0.3, 0.4) is 0 Å². The van der Waals surface area contributed by atoms with Crippen LogP contribution < -0.4 is 0 Å². The van der Waals surface area contributed by atoms with Crippen LogP contribution in [-0.2, 0) is 0 Å². The van der Waals surface area contributed by atoms with Crippen LogP contribution in [0, 0.1) is 0 Å². The molecule has 5 aromatic rings. The third-order valence-corrected chi connectivity index (χ3v) is 5.20. The number of rotatable bonds is 2. The Morgan fingerprint density at radius 1 is 0.778 bits per heavy atom. The lowest BCUT2D eigenvalue weighted by Crippen LogP contribution is -1.96. The highest BCUT2D eigenvalue weighted by Crippen LogP contribution is 2.33. The first-order valence-corrected chi connectivity index (χ1v) is 9.11. The van der Waals surface area contributed by atoms with Crippen molar-refractivity contribution >= 4 is 39.9 Å². The minimum absolute atomic E-state index is 0.627. The zero-order valence-corrected chi connectivity index (χ0v) is 15.5. The molecule has 2 aromatic heterocycles. The van der Waals surface area contributed by atoms with Gasteiger partial charge in [-0.2, -0.15) is 0 Å². The van der Waals surface area contributed by atoms with Crippen LogP contribution in [0.1, 0.15) is 0 Å². The topological polar surface area (TPSA) is 43.1 Å². The Morgan fingerprint density at radius 2 is 1.48 bits per heavy atom. The molecule has 0 spiro atoms. The van der Waals surface area contributed by atoms with Gasteiger partial charge in [0.15, 0.2) is 5.65 Å². The van der Waals surface area contributed by atoms with Crippen molar-refractivity contribution in [2.45, 2.75) is 0 Å². The molecule has 5 rings (SSSR count). The number of hydrogen-bond donors (Lipinski definition) is 0. The molecule has 0 atom stereocenters. The fraction of sp³-hybridized carbons (Fsp3) is 0. The fourth-order valence-corrected chi connectivity index (χ4v) is 3.72. The summed E-state index contributed by atoms with van der Waals surface area (Å²) in [6, 6.07) is 21.4. The van der Waals surface area contributed by atoms with Gasteiger partial charge in [-0.05, 0) is 29.8 Å². The van der Waals surface area contributed by atoms with Gasteiger partial charge in [-0.1, -0.05) is 65.7 Å². The molecule has 3 aromatic carbocycles. The minimum Gasteiger partial charge on any atom is -0.278 e. The molecule has 2 heterocycles. The van der Waals surface area contributed by atoms with Gasteiger partial charge in [-0.15, -0.1) is 10.2 Å². The first-order chi connectivity index (χ1) is 13.2. The van der Waals surface area contributed by atoms with Crippen molar-refractivity contribution < 1.29 is 0 Å². The van der Waals surface area contributed by atoms with E-state index in [9.17, 15) is 0 Å². The fourth-order valence-electron chi connectivity index (χ4n) is 3.25. The molecule has 0 fully saturated rings. The van der Waals surface area contributed by atoms with Gasteiger partial charge in [0.1, 0.15) is 12.0 Å². The Hall–Kier alpha value is -2.95. The summed E-state index contributed by atoms with van der Waals surface area (Å²) in [6.07, 6.45) is 1.69. The third kappa shape index (κ3) is 2.65. The van der Waals surface area contributed by atoms with Crippen LogP contribution in [0.2, 0.25) is 10.0 Å². The summed E-state index contributed by atoms with van der Waals surface area (Å²) in [4.78, 5) is 4.82. The molecule has 0 aliphatic rings. The van der Waals surface area contributed by atoms with Gasteiger partial charge in [0.2, 0.25) is 0 Å². The van der Waals surface area contributed by atoms with Gasteiger partial charge in [0, 0.05) is 16.1 Å². The summed E-state index contributed by atoms with van der Waals surface area (Å²) in [7, 11) is 0. The standard InChI is InChI=1S/C21H12Cl2N4/c22-16-7-3-1-5-14(16)13-9-10-18-19(11-13)27-12-24-26-21(27)20(25-18)15-6-2-4-8-17(15)23/h1-12H. The molecule has 0 unspecified atom stereocenters. The molecule has 0 aliphatic carbocycles. The molecular weight excluding hydrogens is 379 g/mol. The maximum absolute atomic E-state index is 6.39. The van der Waals surface area contributed by atoms with Crippen molar-refractivity contribution in [1.29, 1.82) is 0 Å². The van der Waals surface area contributed by atoms with Crippen molar-refractivity contribution in [2.24, 2.45) is 0 Å². The van der Waals surface area contributed by atoms with Gasteiger partial charge in [0.25, 0.3) is 0 Å². The molecule has 0 bridgehead atoms. The van der Waals surface area contributed by atoms with E-state index in [0.29, 0.717) is 21.4 Å². The lowest BCUT2D eigenvalue weighted by Gasteiger charge is -2.10. The maximum atomic E-state index is 6.39. The Kier molecular flexibility index (Phi) is 3.81. The maximum Gasteiger partial charge on any atom is 0.187 e. The number of nitrogens with zero attached hydrogens (tertiary/aromatic N) is 4. The molecule has 0 N–H and O–H groups in total. The zero-order chi connectivity index (χ0) is 18.4. The highest BCUT2D eigenvalue weighted by atomic mass is 35.5. The van der Waals surface area contributed by atoms with Crippen molar-refractivity contribution in [1.82, 2.24) is 19.6 Å². The van der Waals surface area contributed by atoms with Gasteiger partial charge in [0.05, 0.1) is 16.1 Å². The Balaban J connectivity index is 1.81. The lowest BCUT2D eigenvalue weighted by atomic mass is 10.0. The van der Waals surface area contributed by atoms with Crippen LogP contribution in [0.4, 0.5) is 0 Å². The second-order valence-electron chi connectivity index (χ2n) is 6.15. The average molecular weight is 391 g/mol. The minimum atomic E-state index is 0.627. The van der Waals surface area contributed by atoms with Crippen molar-refractivity contribution in [3.05, 3.63) is 83.1 Å². The van der Waals surface area contributed by atoms with Crippen molar-refractivity contribution in [3.8, 4) is 22.4 Å². The SMILES string of the molecule is Clc1ccccc1-c1ccc2nc(-c3ccccc3Cl)c3nncn3c2c1. The first kappa shape index (κ1) is 16.2. The Morgan fingerprint density at radius 3 is 2.22 bits per heavy atom. The van der Waals surface area contributed by atoms with Gasteiger partial charge in [-0.3, -0.25) is 4.40 Å². The van der Waals surface area contributed by atoms with Crippen LogP contribution in [0.5, 0.6) is 0 Å². The quantitative estimate of drug-likeness (QED) is 0.375. The average Bonchev–Trinajstić information content (AvgIpc) is 3.18. The van der Waals surface area contributed by atoms with Gasteiger partial charge < -0.3 is 0 Å². The Bertz CT molecular complexity index is 1310. The first-order valence-electron chi connectivity index (χ1n) is 8.36. The number of hydrogen-bond acceptors (Lipinski definition) is 3. The second-order valence-corrected chi connectivity index (χ2v) is 6.96. The van der Waals surface area contributed by atoms with Crippen molar-refractivity contribution in [2.75, 3.05) is 0 Å². The van der Waals surface area contributed by atoms with E-state index >= 15 is 0 Å². The smallest absolute Gasteiger partial charge is 0.187 e. The van der Waals surface area contributed by atoms with E-state index in [4.69, 9.17) is 28.2 Å². The van der Waals surface area contributed by atoms with Crippen LogP contribution in [-0.4, -0.2) is 19.6 Å². The molecule has 6 heteroatoms.